The van der Waals surface area contributed by atoms with Crippen LogP contribution in [0, 0.1) is 11.8 Å². The number of hydrogen-bond donors (Lipinski definition) is 0. The minimum atomic E-state index is -2.11. The molecule has 0 bridgehead atoms. The van der Waals surface area contributed by atoms with Gasteiger partial charge in [-0.3, -0.25) is 9.59 Å². The lowest BCUT2D eigenvalue weighted by Gasteiger charge is -2.35. The Hall–Kier alpha value is -2.23. The summed E-state index contributed by atoms with van der Waals surface area (Å²) in [4.78, 5) is 24.6. The van der Waals surface area contributed by atoms with Crippen LogP contribution in [-0.2, 0) is 25.8 Å². The van der Waals surface area contributed by atoms with E-state index in [1.165, 1.54) is 5.56 Å². The monoisotopic (exact) mass is 512 g/mol. The molecule has 7 heteroatoms. The summed E-state index contributed by atoms with van der Waals surface area (Å²) in [7, 11) is -2.43. The highest BCUT2D eigenvalue weighted by atomic mass is 28.4. The summed E-state index contributed by atoms with van der Waals surface area (Å²) in [6, 6.07) is 17.6. The number of Topliss-reactive ketones (excluding diaryl/α,β-unsaturated/α-hetero) is 1. The van der Waals surface area contributed by atoms with Crippen molar-refractivity contribution in [1.29, 1.82) is 0 Å². The molecule has 1 fully saturated rings. The van der Waals surface area contributed by atoms with Crippen LogP contribution in [0.25, 0.3) is 0 Å². The number of para-hydroxylation sites is 2. The van der Waals surface area contributed by atoms with E-state index >= 15 is 0 Å². The first kappa shape index (κ1) is 27.4. The molecule has 0 amide bonds. The molecule has 1 aliphatic rings. The van der Waals surface area contributed by atoms with Crippen molar-refractivity contribution < 1.29 is 23.2 Å². The Bertz CT molecular complexity index is 1030. The van der Waals surface area contributed by atoms with E-state index < -0.39 is 16.6 Å². The average molecular weight is 513 g/mol. The van der Waals surface area contributed by atoms with Gasteiger partial charge in [-0.05, 0) is 94.1 Å². The molecule has 0 aliphatic heterocycles. The first-order chi connectivity index (χ1) is 16.5. The molecule has 0 N–H and O–H groups in total. The van der Waals surface area contributed by atoms with Crippen molar-refractivity contribution >= 4 is 28.4 Å². The van der Waals surface area contributed by atoms with Gasteiger partial charge >= 0.3 is 5.97 Å². The van der Waals surface area contributed by atoms with Gasteiger partial charge in [0.2, 0.25) is 0 Å². The van der Waals surface area contributed by atoms with E-state index in [1.54, 1.807) is 14.0 Å². The van der Waals surface area contributed by atoms with Crippen molar-refractivity contribution in [2.24, 2.45) is 11.8 Å². The van der Waals surface area contributed by atoms with Crippen molar-refractivity contribution in [3.63, 3.8) is 0 Å². The maximum Gasteiger partial charge on any atom is 0.314 e. The smallest absolute Gasteiger partial charge is 0.314 e. The molecule has 0 heterocycles. The molecular formula is C28H40O5Si2. The zero-order valence-electron chi connectivity index (χ0n) is 22.1. The van der Waals surface area contributed by atoms with Crippen LogP contribution in [0.4, 0.5) is 0 Å². The summed E-state index contributed by atoms with van der Waals surface area (Å²) in [6.45, 7) is 10.7. The van der Waals surface area contributed by atoms with E-state index in [0.29, 0.717) is 5.75 Å². The molecule has 2 aromatic carbocycles. The minimum absolute atomic E-state index is 0.0960. The van der Waals surface area contributed by atoms with Crippen LogP contribution in [0.3, 0.4) is 0 Å². The third-order valence-electron chi connectivity index (χ3n) is 6.80. The first-order valence-corrected chi connectivity index (χ1v) is 18.8. The number of carbonyl (C=O) groups excluding carboxylic acids is 2. The second-order valence-corrected chi connectivity index (χ2v) is 19.5. The Labute approximate surface area is 212 Å². The van der Waals surface area contributed by atoms with Gasteiger partial charge in [-0.2, -0.15) is 0 Å². The van der Waals surface area contributed by atoms with Crippen LogP contribution >= 0.6 is 0 Å². The molecule has 1 aliphatic carbocycles. The highest BCUT2D eigenvalue weighted by Crippen LogP contribution is 2.32. The van der Waals surface area contributed by atoms with Gasteiger partial charge in [0, 0.05) is 5.92 Å². The SMILES string of the molecule is COc1ccccc1C[Si](C)(C)O[Si](C)(C)Cc1ccccc1OC(=O)C1CCC(C(C)=O)CC1. The third-order valence-corrected chi connectivity index (χ3v) is 13.7. The van der Waals surface area contributed by atoms with Gasteiger partial charge < -0.3 is 13.6 Å². The van der Waals surface area contributed by atoms with E-state index in [2.05, 4.69) is 32.3 Å². The molecule has 0 aromatic heterocycles. The van der Waals surface area contributed by atoms with Gasteiger partial charge in [-0.15, -0.1) is 0 Å². The lowest BCUT2D eigenvalue weighted by atomic mass is 9.80. The quantitative estimate of drug-likeness (QED) is 0.213. The fourth-order valence-corrected chi connectivity index (χ4v) is 14.2. The van der Waals surface area contributed by atoms with Crippen molar-refractivity contribution in [3.05, 3.63) is 59.7 Å². The summed E-state index contributed by atoms with van der Waals surface area (Å²) >= 11 is 0. The van der Waals surface area contributed by atoms with E-state index in [9.17, 15) is 9.59 Å². The minimum Gasteiger partial charge on any atom is -0.496 e. The van der Waals surface area contributed by atoms with Gasteiger partial charge in [0.15, 0.2) is 16.6 Å². The van der Waals surface area contributed by atoms with Crippen LogP contribution in [0.15, 0.2) is 48.5 Å². The maximum absolute atomic E-state index is 12.9. The second kappa shape index (κ2) is 11.7. The molecule has 0 unspecified atom stereocenters. The van der Waals surface area contributed by atoms with Gasteiger partial charge in [0.1, 0.15) is 17.3 Å². The fraction of sp³-hybridized carbons (Fsp3) is 0.500. The largest absolute Gasteiger partial charge is 0.496 e. The predicted octanol–water partition coefficient (Wildman–Crippen LogP) is 6.29. The van der Waals surface area contributed by atoms with E-state index in [-0.39, 0.29) is 23.6 Å². The number of methoxy groups -OCH3 is 1. The normalized spacial score (nSPS) is 18.7. The van der Waals surface area contributed by atoms with Crippen LogP contribution in [0.2, 0.25) is 26.2 Å². The molecule has 0 spiro atoms. The Balaban J connectivity index is 1.65. The number of carbonyl (C=O) groups is 2. The summed E-state index contributed by atoms with van der Waals surface area (Å²) in [5.41, 5.74) is 2.21. The summed E-state index contributed by atoms with van der Waals surface area (Å²) in [5, 5.41) is 0. The highest BCUT2D eigenvalue weighted by molar-refractivity contribution is 6.84. The summed E-state index contributed by atoms with van der Waals surface area (Å²) < 4.78 is 18.4. The topological polar surface area (TPSA) is 61.8 Å². The van der Waals surface area contributed by atoms with Crippen molar-refractivity contribution in [2.45, 2.75) is 70.9 Å². The van der Waals surface area contributed by atoms with Gasteiger partial charge in [-0.25, -0.2) is 0 Å². The first-order valence-electron chi connectivity index (χ1n) is 12.6. The van der Waals surface area contributed by atoms with Crippen molar-refractivity contribution in [2.75, 3.05) is 7.11 Å². The van der Waals surface area contributed by atoms with E-state index in [1.807, 2.05) is 42.5 Å². The number of ether oxygens (including phenoxy) is 2. The van der Waals surface area contributed by atoms with Crippen molar-refractivity contribution in [1.82, 2.24) is 0 Å². The molecule has 0 radical (unpaired) electrons. The molecule has 3 rings (SSSR count). The van der Waals surface area contributed by atoms with Crippen LogP contribution in [0.5, 0.6) is 11.5 Å². The molecular weight excluding hydrogens is 472 g/mol. The Morgan fingerprint density at radius 2 is 1.23 bits per heavy atom. The Morgan fingerprint density at radius 1 is 0.771 bits per heavy atom. The zero-order valence-corrected chi connectivity index (χ0v) is 24.1. The summed E-state index contributed by atoms with van der Waals surface area (Å²) in [6.07, 6.45) is 2.99. The average Bonchev–Trinajstić information content (AvgIpc) is 2.79. The third kappa shape index (κ3) is 7.88. The molecule has 0 atom stereocenters. The van der Waals surface area contributed by atoms with E-state index in [4.69, 9.17) is 13.6 Å². The predicted molar refractivity (Wildman–Crippen MR) is 145 cm³/mol. The van der Waals surface area contributed by atoms with Crippen LogP contribution in [0.1, 0.15) is 43.7 Å². The Morgan fingerprint density at radius 3 is 1.74 bits per heavy atom. The Kier molecular flexibility index (Phi) is 9.13. The lowest BCUT2D eigenvalue weighted by Crippen LogP contribution is -2.47. The number of hydrogen-bond acceptors (Lipinski definition) is 5. The second-order valence-electron chi connectivity index (χ2n) is 11.0. The molecule has 35 heavy (non-hydrogen) atoms. The van der Waals surface area contributed by atoms with Gasteiger partial charge in [0.05, 0.1) is 13.0 Å². The summed E-state index contributed by atoms with van der Waals surface area (Å²) in [5.74, 6) is 1.56. The molecule has 190 valence electrons. The number of benzene rings is 2. The van der Waals surface area contributed by atoms with Crippen LogP contribution < -0.4 is 9.47 Å². The van der Waals surface area contributed by atoms with Crippen LogP contribution in [-0.4, -0.2) is 35.5 Å². The van der Waals surface area contributed by atoms with E-state index in [0.717, 1.165) is 49.1 Å². The standard InChI is InChI=1S/C28H40O5Si2/c1-21(29)22-15-17-23(18-16-22)28(30)32-27-14-10-8-12-25(27)20-35(5,6)33-34(3,4)19-24-11-7-9-13-26(24)31-2/h7-14,22-23H,15-20H2,1-6H3. The van der Waals surface area contributed by atoms with Gasteiger partial charge in [-0.1, -0.05) is 36.4 Å². The lowest BCUT2D eigenvalue weighted by molar-refractivity contribution is -0.141. The number of rotatable bonds is 10. The highest BCUT2D eigenvalue weighted by Gasteiger charge is 2.35. The molecule has 1 saturated carbocycles. The van der Waals surface area contributed by atoms with Gasteiger partial charge in [0.25, 0.3) is 0 Å². The molecule has 5 nitrogen and oxygen atoms in total. The fourth-order valence-electron chi connectivity index (χ4n) is 5.26. The zero-order chi connectivity index (χ0) is 25.6. The maximum atomic E-state index is 12.9. The molecule has 2 aromatic rings. The number of ketones is 1. The number of esters is 1. The van der Waals surface area contributed by atoms with Crippen molar-refractivity contribution in [3.8, 4) is 11.5 Å². The molecule has 0 saturated heterocycles.